The number of ether oxygens (including phenoxy) is 1. The molecule has 0 saturated carbocycles. The zero-order chi connectivity index (χ0) is 19.1. The van der Waals surface area contributed by atoms with Gasteiger partial charge in [-0.25, -0.2) is 4.79 Å². The summed E-state index contributed by atoms with van der Waals surface area (Å²) in [6.07, 6.45) is 5.35. The standard InChI is InChI=1S/C21H20N2O4/c1-12-15(21(24)27-2)10-11-18-16-4-3-5-17(16)20(22-19(12)18)13-6-8-14(9-7-13)23(25)26/h3-4,6-11,16-17,20,22H,5H2,1-2H3/t16-,17+,20+/m1/s1. The Hall–Kier alpha value is -3.15. The summed E-state index contributed by atoms with van der Waals surface area (Å²) in [5.74, 6) is 0.238. The number of benzene rings is 2. The number of hydrogen-bond donors (Lipinski definition) is 1. The Balaban J connectivity index is 1.77. The lowest BCUT2D eigenvalue weighted by atomic mass is 9.76. The summed E-state index contributed by atoms with van der Waals surface area (Å²) in [6, 6.07) is 10.6. The number of carbonyl (C=O) groups is 1. The fourth-order valence-corrected chi connectivity index (χ4v) is 4.28. The minimum Gasteiger partial charge on any atom is -0.465 e. The first-order chi connectivity index (χ1) is 13.0. The van der Waals surface area contributed by atoms with Crippen molar-refractivity contribution in [3.8, 4) is 0 Å². The number of esters is 1. The second kappa shape index (κ2) is 6.54. The molecular formula is C21H20N2O4. The first kappa shape index (κ1) is 17.3. The van der Waals surface area contributed by atoms with Crippen LogP contribution in [0.25, 0.3) is 0 Å². The number of nitrogens with one attached hydrogen (secondary N) is 1. The predicted octanol–water partition coefficient (Wildman–Crippen LogP) is 4.52. The van der Waals surface area contributed by atoms with E-state index in [0.29, 0.717) is 11.5 Å². The highest BCUT2D eigenvalue weighted by molar-refractivity contribution is 5.93. The molecule has 4 rings (SSSR count). The van der Waals surface area contributed by atoms with Crippen molar-refractivity contribution in [1.29, 1.82) is 0 Å². The van der Waals surface area contributed by atoms with Gasteiger partial charge in [0, 0.05) is 23.7 Å². The second-order valence-corrected chi connectivity index (χ2v) is 7.02. The molecule has 27 heavy (non-hydrogen) atoms. The SMILES string of the molecule is COC(=O)c1ccc2c(c1C)N[C@@H](c1ccc([N+](=O)[O-])cc1)[C@H]1CC=C[C@@H]21. The molecule has 6 nitrogen and oxygen atoms in total. The summed E-state index contributed by atoms with van der Waals surface area (Å²) < 4.78 is 4.90. The number of nitro groups is 1. The maximum absolute atomic E-state index is 12.1. The van der Waals surface area contributed by atoms with Crippen LogP contribution in [-0.4, -0.2) is 18.0 Å². The monoisotopic (exact) mass is 364 g/mol. The van der Waals surface area contributed by atoms with E-state index in [2.05, 4.69) is 17.5 Å². The van der Waals surface area contributed by atoms with Gasteiger partial charge in [-0.3, -0.25) is 10.1 Å². The van der Waals surface area contributed by atoms with Gasteiger partial charge in [0.1, 0.15) is 0 Å². The van der Waals surface area contributed by atoms with E-state index in [1.54, 1.807) is 12.1 Å². The topological polar surface area (TPSA) is 81.5 Å². The molecular weight excluding hydrogens is 344 g/mol. The minimum atomic E-state index is -0.389. The molecule has 2 aliphatic rings. The van der Waals surface area contributed by atoms with Crippen LogP contribution >= 0.6 is 0 Å². The molecule has 0 spiro atoms. The molecule has 0 bridgehead atoms. The van der Waals surface area contributed by atoms with Gasteiger partial charge in [-0.1, -0.05) is 30.4 Å². The molecule has 0 aromatic heterocycles. The molecule has 0 fully saturated rings. The van der Waals surface area contributed by atoms with Crippen molar-refractivity contribution < 1.29 is 14.5 Å². The quantitative estimate of drug-likeness (QED) is 0.375. The van der Waals surface area contributed by atoms with Crippen molar-refractivity contribution in [2.75, 3.05) is 12.4 Å². The van der Waals surface area contributed by atoms with Gasteiger partial charge in [0.2, 0.25) is 0 Å². The van der Waals surface area contributed by atoms with Crippen molar-refractivity contribution in [2.24, 2.45) is 5.92 Å². The van der Waals surface area contributed by atoms with Gasteiger partial charge < -0.3 is 10.1 Å². The van der Waals surface area contributed by atoms with Crippen molar-refractivity contribution in [3.63, 3.8) is 0 Å². The largest absolute Gasteiger partial charge is 0.465 e. The van der Waals surface area contributed by atoms with Crippen LogP contribution in [0.1, 0.15) is 45.4 Å². The molecule has 1 aliphatic heterocycles. The predicted molar refractivity (Wildman–Crippen MR) is 102 cm³/mol. The highest BCUT2D eigenvalue weighted by Gasteiger charge is 2.39. The van der Waals surface area contributed by atoms with Gasteiger partial charge in [-0.2, -0.15) is 0 Å². The number of rotatable bonds is 3. The van der Waals surface area contributed by atoms with Crippen LogP contribution in [0.3, 0.4) is 0 Å². The second-order valence-electron chi connectivity index (χ2n) is 7.02. The molecule has 0 amide bonds. The van der Waals surface area contributed by atoms with E-state index in [4.69, 9.17) is 4.74 Å². The lowest BCUT2D eigenvalue weighted by Crippen LogP contribution is -2.30. The third-order valence-corrected chi connectivity index (χ3v) is 5.67. The molecule has 1 aliphatic carbocycles. The van der Waals surface area contributed by atoms with E-state index in [0.717, 1.165) is 23.2 Å². The number of anilines is 1. The molecule has 1 N–H and O–H groups in total. The molecule has 2 aromatic rings. The number of carbonyl (C=O) groups excluding carboxylic acids is 1. The number of hydrogen-bond acceptors (Lipinski definition) is 5. The van der Waals surface area contributed by atoms with Crippen molar-refractivity contribution in [1.82, 2.24) is 0 Å². The molecule has 0 radical (unpaired) electrons. The van der Waals surface area contributed by atoms with Gasteiger partial charge in [-0.15, -0.1) is 0 Å². The number of nitrogens with zero attached hydrogens (tertiary/aromatic N) is 1. The Kier molecular flexibility index (Phi) is 4.18. The Bertz CT molecular complexity index is 949. The smallest absolute Gasteiger partial charge is 0.338 e. The summed E-state index contributed by atoms with van der Waals surface area (Å²) in [6.45, 7) is 1.92. The number of allylic oxidation sites excluding steroid dienone is 2. The van der Waals surface area contributed by atoms with Crippen LogP contribution in [0.15, 0.2) is 48.6 Å². The fraction of sp³-hybridized carbons (Fsp3) is 0.286. The van der Waals surface area contributed by atoms with E-state index < -0.39 is 0 Å². The Morgan fingerprint density at radius 1 is 1.22 bits per heavy atom. The Morgan fingerprint density at radius 2 is 1.96 bits per heavy atom. The van der Waals surface area contributed by atoms with Crippen LogP contribution in [0, 0.1) is 23.0 Å². The van der Waals surface area contributed by atoms with Crippen LogP contribution in [-0.2, 0) is 4.74 Å². The van der Waals surface area contributed by atoms with Gasteiger partial charge in [0.25, 0.3) is 5.69 Å². The normalized spacial score (nSPS) is 22.5. The zero-order valence-corrected chi connectivity index (χ0v) is 15.1. The van der Waals surface area contributed by atoms with E-state index in [1.165, 1.54) is 12.7 Å². The third kappa shape index (κ3) is 2.77. The summed E-state index contributed by atoms with van der Waals surface area (Å²) in [7, 11) is 1.38. The minimum absolute atomic E-state index is 0.0184. The van der Waals surface area contributed by atoms with E-state index in [9.17, 15) is 14.9 Å². The van der Waals surface area contributed by atoms with Crippen LogP contribution < -0.4 is 5.32 Å². The average Bonchev–Trinajstić information content (AvgIpc) is 3.17. The van der Waals surface area contributed by atoms with Gasteiger partial charge in [0.05, 0.1) is 23.6 Å². The molecule has 6 heteroatoms. The van der Waals surface area contributed by atoms with Crippen LogP contribution in [0.5, 0.6) is 0 Å². The van der Waals surface area contributed by atoms with E-state index in [-0.39, 0.29) is 28.5 Å². The fourth-order valence-electron chi connectivity index (χ4n) is 4.28. The molecule has 2 aromatic carbocycles. The van der Waals surface area contributed by atoms with Crippen LogP contribution in [0.2, 0.25) is 0 Å². The van der Waals surface area contributed by atoms with Crippen molar-refractivity contribution in [2.45, 2.75) is 25.3 Å². The third-order valence-electron chi connectivity index (χ3n) is 5.67. The number of non-ortho nitro benzene ring substituents is 1. The van der Waals surface area contributed by atoms with Gasteiger partial charge in [0.15, 0.2) is 0 Å². The highest BCUT2D eigenvalue weighted by Crippen LogP contribution is 2.51. The summed E-state index contributed by atoms with van der Waals surface area (Å²) >= 11 is 0. The Morgan fingerprint density at radius 3 is 2.63 bits per heavy atom. The molecule has 0 unspecified atom stereocenters. The zero-order valence-electron chi connectivity index (χ0n) is 15.1. The first-order valence-electron chi connectivity index (χ1n) is 8.90. The number of methoxy groups -OCH3 is 1. The lowest BCUT2D eigenvalue weighted by Gasteiger charge is -2.38. The number of nitro benzene ring substituents is 1. The molecule has 1 heterocycles. The molecule has 3 atom stereocenters. The van der Waals surface area contributed by atoms with Gasteiger partial charge in [-0.05, 0) is 42.0 Å². The van der Waals surface area contributed by atoms with Crippen LogP contribution in [0.4, 0.5) is 11.4 Å². The van der Waals surface area contributed by atoms with Gasteiger partial charge >= 0.3 is 5.97 Å². The molecule has 138 valence electrons. The van der Waals surface area contributed by atoms with E-state index >= 15 is 0 Å². The lowest BCUT2D eigenvalue weighted by molar-refractivity contribution is -0.384. The summed E-state index contributed by atoms with van der Waals surface area (Å²) in [4.78, 5) is 22.6. The Labute approximate surface area is 157 Å². The summed E-state index contributed by atoms with van der Waals surface area (Å²) in [5, 5.41) is 14.5. The van der Waals surface area contributed by atoms with Crippen molar-refractivity contribution >= 4 is 17.3 Å². The maximum Gasteiger partial charge on any atom is 0.338 e. The molecule has 0 saturated heterocycles. The average molecular weight is 364 g/mol. The first-order valence-corrected chi connectivity index (χ1v) is 8.90. The van der Waals surface area contributed by atoms with Crippen molar-refractivity contribution in [3.05, 3.63) is 80.9 Å². The van der Waals surface area contributed by atoms with E-state index in [1.807, 2.05) is 31.2 Å². The highest BCUT2D eigenvalue weighted by atomic mass is 16.6. The maximum atomic E-state index is 12.1. The summed E-state index contributed by atoms with van der Waals surface area (Å²) in [5.41, 5.74) is 4.63. The number of fused-ring (bicyclic) bond motifs is 3.